The van der Waals surface area contributed by atoms with Crippen LogP contribution in [0.15, 0.2) is 18.2 Å². The van der Waals surface area contributed by atoms with Gasteiger partial charge in [0, 0.05) is 18.0 Å². The highest BCUT2D eigenvalue weighted by molar-refractivity contribution is 5.39. The van der Waals surface area contributed by atoms with Gasteiger partial charge in [0.25, 0.3) is 0 Å². The summed E-state index contributed by atoms with van der Waals surface area (Å²) in [6, 6.07) is 4.57. The monoisotopic (exact) mass is 221 g/mol. The molecule has 0 unspecified atom stereocenters. The Bertz CT molecular complexity index is 412. The van der Waals surface area contributed by atoms with Crippen LogP contribution >= 0.6 is 0 Å². The molecule has 0 radical (unpaired) electrons. The van der Waals surface area contributed by atoms with Crippen molar-refractivity contribution in [3.8, 4) is 5.75 Å². The van der Waals surface area contributed by atoms with Gasteiger partial charge in [-0.3, -0.25) is 0 Å². The van der Waals surface area contributed by atoms with Gasteiger partial charge in [0.05, 0.1) is 0 Å². The van der Waals surface area contributed by atoms with Gasteiger partial charge in [-0.25, -0.2) is 4.39 Å². The van der Waals surface area contributed by atoms with Crippen molar-refractivity contribution in [1.29, 1.82) is 0 Å². The summed E-state index contributed by atoms with van der Waals surface area (Å²) in [5, 5.41) is 0. The summed E-state index contributed by atoms with van der Waals surface area (Å²) >= 11 is 0. The van der Waals surface area contributed by atoms with E-state index in [9.17, 15) is 4.39 Å². The van der Waals surface area contributed by atoms with Crippen LogP contribution < -0.4 is 10.5 Å². The molecule has 2 aliphatic rings. The van der Waals surface area contributed by atoms with Crippen molar-refractivity contribution in [3.05, 3.63) is 29.6 Å². The lowest BCUT2D eigenvalue weighted by Gasteiger charge is -2.38. The summed E-state index contributed by atoms with van der Waals surface area (Å²) < 4.78 is 19.2. The summed E-state index contributed by atoms with van der Waals surface area (Å²) in [4.78, 5) is 0. The molecule has 16 heavy (non-hydrogen) atoms. The predicted octanol–water partition coefficient (Wildman–Crippen LogP) is 2.92. The number of hydrogen-bond donors (Lipinski definition) is 1. The van der Waals surface area contributed by atoms with Crippen LogP contribution in [0.5, 0.6) is 5.75 Å². The molecule has 1 saturated carbocycles. The molecule has 1 heterocycles. The van der Waals surface area contributed by atoms with E-state index in [-0.39, 0.29) is 17.5 Å². The van der Waals surface area contributed by atoms with Gasteiger partial charge in [0.15, 0.2) is 0 Å². The molecule has 0 amide bonds. The average Bonchev–Trinajstić information content (AvgIpc) is 2.68. The molecule has 3 rings (SSSR count). The van der Waals surface area contributed by atoms with E-state index in [0.717, 1.165) is 30.6 Å². The zero-order chi connectivity index (χ0) is 11.2. The molecule has 1 fully saturated rings. The van der Waals surface area contributed by atoms with Gasteiger partial charge in [-0.1, -0.05) is 0 Å². The molecule has 2 N–H and O–H groups in total. The highest BCUT2D eigenvalue weighted by atomic mass is 19.1. The smallest absolute Gasteiger partial charge is 0.125 e. The summed E-state index contributed by atoms with van der Waals surface area (Å²) in [6.07, 6.45) is 5.41. The maximum atomic E-state index is 13.1. The molecule has 0 saturated heterocycles. The molecule has 3 heteroatoms. The molecule has 1 aliphatic carbocycles. The minimum absolute atomic E-state index is 0.0652. The first kappa shape index (κ1) is 10.1. The van der Waals surface area contributed by atoms with E-state index < -0.39 is 0 Å². The quantitative estimate of drug-likeness (QED) is 0.731. The first-order valence-corrected chi connectivity index (χ1v) is 5.93. The average molecular weight is 221 g/mol. The summed E-state index contributed by atoms with van der Waals surface area (Å²) in [6.45, 7) is 0. The standard InChI is InChI=1S/C13H16FNO/c14-9-3-4-12-10(7-9)11(15)8-13(16-12)5-1-2-6-13/h3-4,7,11H,1-2,5-6,8,15H2/t11-/m0/s1. The number of halogens is 1. The Hall–Kier alpha value is -1.09. The van der Waals surface area contributed by atoms with E-state index in [1.165, 1.54) is 25.0 Å². The molecule has 0 aromatic heterocycles. The largest absolute Gasteiger partial charge is 0.487 e. The minimum Gasteiger partial charge on any atom is -0.487 e. The second kappa shape index (κ2) is 3.45. The van der Waals surface area contributed by atoms with Crippen molar-refractivity contribution in [2.24, 2.45) is 5.73 Å². The van der Waals surface area contributed by atoms with Crippen molar-refractivity contribution < 1.29 is 9.13 Å². The molecule has 1 aromatic rings. The highest BCUT2D eigenvalue weighted by Crippen LogP contribution is 2.46. The summed E-state index contributed by atoms with van der Waals surface area (Å²) in [5.74, 6) is 0.544. The fourth-order valence-electron chi connectivity index (χ4n) is 3.01. The molecular formula is C13H16FNO. The van der Waals surface area contributed by atoms with Gasteiger partial charge in [0.1, 0.15) is 17.2 Å². The lowest BCUT2D eigenvalue weighted by atomic mass is 9.86. The third-order valence-electron chi connectivity index (χ3n) is 3.80. The van der Waals surface area contributed by atoms with Gasteiger partial charge in [-0.05, 0) is 43.9 Å². The number of nitrogens with two attached hydrogens (primary N) is 1. The fraction of sp³-hybridized carbons (Fsp3) is 0.538. The first-order valence-electron chi connectivity index (χ1n) is 5.93. The number of hydrogen-bond acceptors (Lipinski definition) is 2. The zero-order valence-electron chi connectivity index (χ0n) is 9.21. The summed E-state index contributed by atoms with van der Waals surface area (Å²) in [5.41, 5.74) is 6.87. The van der Waals surface area contributed by atoms with Crippen LogP contribution in [0.1, 0.15) is 43.7 Å². The first-order chi connectivity index (χ1) is 7.69. The van der Waals surface area contributed by atoms with E-state index in [0.29, 0.717) is 0 Å². The van der Waals surface area contributed by atoms with Crippen molar-refractivity contribution in [2.45, 2.75) is 43.7 Å². The topological polar surface area (TPSA) is 35.2 Å². The van der Waals surface area contributed by atoms with Crippen molar-refractivity contribution in [1.82, 2.24) is 0 Å². The van der Waals surface area contributed by atoms with Crippen molar-refractivity contribution in [2.75, 3.05) is 0 Å². The Morgan fingerprint density at radius 1 is 1.31 bits per heavy atom. The Kier molecular flexibility index (Phi) is 2.18. The van der Waals surface area contributed by atoms with Crippen LogP contribution in [0.2, 0.25) is 0 Å². The summed E-state index contributed by atoms with van der Waals surface area (Å²) in [7, 11) is 0. The van der Waals surface area contributed by atoms with Gasteiger partial charge < -0.3 is 10.5 Å². The number of benzene rings is 1. The molecule has 86 valence electrons. The maximum Gasteiger partial charge on any atom is 0.125 e. The van der Waals surface area contributed by atoms with Gasteiger partial charge in [-0.15, -0.1) is 0 Å². The van der Waals surface area contributed by atoms with Gasteiger partial charge >= 0.3 is 0 Å². The number of rotatable bonds is 0. The van der Waals surface area contributed by atoms with Crippen molar-refractivity contribution in [3.63, 3.8) is 0 Å². The molecule has 2 nitrogen and oxygen atoms in total. The zero-order valence-corrected chi connectivity index (χ0v) is 9.21. The maximum absolute atomic E-state index is 13.1. The predicted molar refractivity (Wildman–Crippen MR) is 59.8 cm³/mol. The molecule has 0 bridgehead atoms. The molecule has 1 aromatic carbocycles. The third-order valence-corrected chi connectivity index (χ3v) is 3.80. The highest BCUT2D eigenvalue weighted by Gasteiger charge is 2.41. The van der Waals surface area contributed by atoms with E-state index in [1.807, 2.05) is 0 Å². The Labute approximate surface area is 94.6 Å². The lowest BCUT2D eigenvalue weighted by molar-refractivity contribution is 0.0424. The Morgan fingerprint density at radius 3 is 2.81 bits per heavy atom. The molecule has 1 atom stereocenters. The second-order valence-electron chi connectivity index (χ2n) is 4.98. The van der Waals surface area contributed by atoms with Crippen molar-refractivity contribution >= 4 is 0 Å². The fourth-order valence-corrected chi connectivity index (χ4v) is 3.01. The van der Waals surface area contributed by atoms with E-state index in [4.69, 9.17) is 10.5 Å². The lowest BCUT2D eigenvalue weighted by Crippen LogP contribution is -2.40. The van der Waals surface area contributed by atoms with Crippen LogP contribution in [0.25, 0.3) is 0 Å². The van der Waals surface area contributed by atoms with E-state index in [1.54, 1.807) is 6.07 Å². The SMILES string of the molecule is N[C@H]1CC2(CCCC2)Oc2ccc(F)cc21. The molecule has 1 spiro atoms. The normalized spacial score (nSPS) is 26.5. The third kappa shape index (κ3) is 1.50. The minimum atomic E-state index is -0.236. The number of ether oxygens (including phenoxy) is 1. The van der Waals surface area contributed by atoms with Crippen LogP contribution in [0, 0.1) is 5.82 Å². The van der Waals surface area contributed by atoms with Crippen LogP contribution in [0.3, 0.4) is 0 Å². The molecule has 1 aliphatic heterocycles. The Morgan fingerprint density at radius 2 is 2.06 bits per heavy atom. The van der Waals surface area contributed by atoms with E-state index >= 15 is 0 Å². The second-order valence-corrected chi connectivity index (χ2v) is 4.98. The van der Waals surface area contributed by atoms with Crippen LogP contribution in [0.4, 0.5) is 4.39 Å². The van der Waals surface area contributed by atoms with E-state index in [2.05, 4.69) is 0 Å². The van der Waals surface area contributed by atoms with Crippen LogP contribution in [-0.4, -0.2) is 5.60 Å². The van der Waals surface area contributed by atoms with Crippen LogP contribution in [-0.2, 0) is 0 Å². The van der Waals surface area contributed by atoms with Gasteiger partial charge in [0.2, 0.25) is 0 Å². The number of fused-ring (bicyclic) bond motifs is 1. The van der Waals surface area contributed by atoms with Gasteiger partial charge in [-0.2, -0.15) is 0 Å². The Balaban J connectivity index is 1.99. The molecular weight excluding hydrogens is 205 g/mol.